The number of para-hydroxylation sites is 4. The molecule has 0 fully saturated rings. The van der Waals surface area contributed by atoms with Crippen LogP contribution >= 0.6 is 0 Å². The maximum absolute atomic E-state index is 5.25. The third kappa shape index (κ3) is 5.84. The lowest BCUT2D eigenvalue weighted by atomic mass is 9.98. The molecule has 3 heterocycles. The summed E-state index contributed by atoms with van der Waals surface area (Å²) in [5.74, 6) is 0.703. The van der Waals surface area contributed by atoms with Crippen LogP contribution in [-0.2, 0) is 0 Å². The third-order valence-corrected chi connectivity index (χ3v) is 12.9. The van der Waals surface area contributed by atoms with E-state index in [1.54, 1.807) is 0 Å². The summed E-state index contributed by atoms with van der Waals surface area (Å²) in [6, 6.07) is 82.8. The van der Waals surface area contributed by atoms with Crippen LogP contribution in [0.25, 0.3) is 122 Å². The molecule has 0 aliphatic carbocycles. The average Bonchev–Trinajstić information content (AvgIpc) is 3.88. The summed E-state index contributed by atoms with van der Waals surface area (Å²) in [6.45, 7) is 0. The van der Waals surface area contributed by atoms with Crippen LogP contribution in [0.2, 0.25) is 0 Å². The van der Waals surface area contributed by atoms with Gasteiger partial charge in [0.15, 0.2) is 5.82 Å². The molecule has 0 atom stereocenters. The molecule has 13 aromatic rings. The van der Waals surface area contributed by atoms with E-state index in [2.05, 4.69) is 234 Å². The second-order valence-electron chi connectivity index (χ2n) is 16.6. The first kappa shape index (κ1) is 36.1. The second kappa shape index (κ2) is 14.5. The van der Waals surface area contributed by atoms with Gasteiger partial charge in [-0.05, 0) is 118 Å². The van der Waals surface area contributed by atoms with Gasteiger partial charge in [-0.3, -0.25) is 0 Å². The van der Waals surface area contributed by atoms with Crippen LogP contribution in [0.4, 0.5) is 0 Å². The summed E-state index contributed by atoms with van der Waals surface area (Å²) in [4.78, 5) is 10.3. The third-order valence-electron chi connectivity index (χ3n) is 12.9. The van der Waals surface area contributed by atoms with Crippen LogP contribution in [0.5, 0.6) is 0 Å². The van der Waals surface area contributed by atoms with Crippen molar-refractivity contribution in [1.82, 2.24) is 19.1 Å². The Morgan fingerprint density at radius 3 is 1.41 bits per heavy atom. The molecule has 0 spiro atoms. The van der Waals surface area contributed by atoms with E-state index in [9.17, 15) is 0 Å². The number of hydrogen-bond donors (Lipinski definition) is 0. The summed E-state index contributed by atoms with van der Waals surface area (Å²) in [7, 11) is 0. The van der Waals surface area contributed by atoms with E-state index in [4.69, 9.17) is 9.97 Å². The predicted molar refractivity (Wildman–Crippen MR) is 267 cm³/mol. The van der Waals surface area contributed by atoms with Gasteiger partial charge >= 0.3 is 0 Å². The van der Waals surface area contributed by atoms with Crippen molar-refractivity contribution in [2.45, 2.75) is 0 Å². The number of fused-ring (bicyclic) bond motifs is 8. The van der Waals surface area contributed by atoms with Gasteiger partial charge in [0.05, 0.1) is 33.3 Å². The normalized spacial score (nSPS) is 11.8. The van der Waals surface area contributed by atoms with E-state index in [0.717, 1.165) is 44.6 Å². The monoisotopic (exact) mass is 814 g/mol. The van der Waals surface area contributed by atoms with E-state index >= 15 is 0 Å². The van der Waals surface area contributed by atoms with Gasteiger partial charge in [0.1, 0.15) is 0 Å². The summed E-state index contributed by atoms with van der Waals surface area (Å²) >= 11 is 0. The Hall–Kier alpha value is -8.60. The number of nitrogens with zero attached hydrogens (tertiary/aromatic N) is 4. The zero-order chi connectivity index (χ0) is 42.1. The number of hydrogen-bond acceptors (Lipinski definition) is 2. The van der Waals surface area contributed by atoms with Gasteiger partial charge in [-0.2, -0.15) is 0 Å². The van der Waals surface area contributed by atoms with Crippen LogP contribution in [0.15, 0.2) is 231 Å². The molecule has 4 heteroatoms. The van der Waals surface area contributed by atoms with Crippen LogP contribution in [0.1, 0.15) is 0 Å². The van der Waals surface area contributed by atoms with E-state index in [-0.39, 0.29) is 0 Å². The van der Waals surface area contributed by atoms with E-state index in [0.29, 0.717) is 5.82 Å². The smallest absolute Gasteiger partial charge is 0.160 e. The first-order valence-electron chi connectivity index (χ1n) is 21.8. The Balaban J connectivity index is 0.866. The Bertz CT molecular complexity index is 3930. The highest BCUT2D eigenvalue weighted by Gasteiger charge is 2.17. The molecule has 298 valence electrons. The Morgan fingerprint density at radius 2 is 0.734 bits per heavy atom. The summed E-state index contributed by atoms with van der Waals surface area (Å²) in [5.41, 5.74) is 15.6. The fourth-order valence-electron chi connectivity index (χ4n) is 9.81. The van der Waals surface area contributed by atoms with Crippen LogP contribution < -0.4 is 0 Å². The molecule has 64 heavy (non-hydrogen) atoms. The molecule has 0 saturated heterocycles. The lowest BCUT2D eigenvalue weighted by Gasteiger charge is -2.12. The van der Waals surface area contributed by atoms with Gasteiger partial charge in [-0.1, -0.05) is 146 Å². The molecule has 0 bridgehead atoms. The molecule has 0 saturated carbocycles. The van der Waals surface area contributed by atoms with Crippen molar-refractivity contribution < 1.29 is 0 Å². The standard InChI is InChI=1S/C60H38N4/c1-2-14-47(15-3-1)63-55-20-10-7-16-49(55)52-37-45(30-34-57(52)63)46-31-35-58-53(38-46)50-17-8-11-21-56(50)64(58)48-32-28-42(29-33-48)60-61-54-19-9-6-18-51(54)59(62-60)41-25-22-40(23-26-41)44-27-24-39-12-4-5-13-43(39)36-44/h1-38H. The van der Waals surface area contributed by atoms with Crippen molar-refractivity contribution in [3.63, 3.8) is 0 Å². The van der Waals surface area contributed by atoms with Crippen molar-refractivity contribution in [1.29, 1.82) is 0 Å². The summed E-state index contributed by atoms with van der Waals surface area (Å²) in [5, 5.41) is 8.46. The molecule has 3 aromatic heterocycles. The lowest BCUT2D eigenvalue weighted by Crippen LogP contribution is -1.97. The van der Waals surface area contributed by atoms with Crippen molar-refractivity contribution in [2.24, 2.45) is 0 Å². The number of rotatable bonds is 6. The zero-order valence-corrected chi connectivity index (χ0v) is 34.7. The van der Waals surface area contributed by atoms with Gasteiger partial charge in [0.2, 0.25) is 0 Å². The highest BCUT2D eigenvalue weighted by Crippen LogP contribution is 2.39. The topological polar surface area (TPSA) is 35.6 Å². The Labute approximate surface area is 369 Å². The van der Waals surface area contributed by atoms with E-state index in [1.165, 1.54) is 71.1 Å². The highest BCUT2D eigenvalue weighted by atomic mass is 15.0. The minimum atomic E-state index is 0.703. The molecule has 13 rings (SSSR count). The van der Waals surface area contributed by atoms with Crippen LogP contribution in [0.3, 0.4) is 0 Å². The van der Waals surface area contributed by atoms with Crippen molar-refractivity contribution in [3.05, 3.63) is 231 Å². The van der Waals surface area contributed by atoms with Gasteiger partial charge < -0.3 is 9.13 Å². The lowest BCUT2D eigenvalue weighted by molar-refractivity contribution is 1.17. The van der Waals surface area contributed by atoms with Gasteiger partial charge in [0.25, 0.3) is 0 Å². The van der Waals surface area contributed by atoms with Crippen LogP contribution in [0, 0.1) is 0 Å². The van der Waals surface area contributed by atoms with Crippen molar-refractivity contribution >= 4 is 65.3 Å². The minimum absolute atomic E-state index is 0.703. The van der Waals surface area contributed by atoms with Gasteiger partial charge in [0, 0.05) is 49.4 Å². The van der Waals surface area contributed by atoms with E-state index < -0.39 is 0 Å². The van der Waals surface area contributed by atoms with E-state index in [1.807, 2.05) is 6.07 Å². The quantitative estimate of drug-likeness (QED) is 0.168. The molecular formula is C60H38N4. The zero-order valence-electron chi connectivity index (χ0n) is 34.7. The molecule has 0 amide bonds. The molecule has 0 aliphatic heterocycles. The molecule has 4 nitrogen and oxygen atoms in total. The molecular weight excluding hydrogens is 777 g/mol. The number of aromatic nitrogens is 4. The minimum Gasteiger partial charge on any atom is -0.309 e. The van der Waals surface area contributed by atoms with Gasteiger partial charge in [-0.25, -0.2) is 9.97 Å². The summed E-state index contributed by atoms with van der Waals surface area (Å²) < 4.78 is 4.74. The maximum Gasteiger partial charge on any atom is 0.160 e. The Kier molecular flexibility index (Phi) is 8.18. The summed E-state index contributed by atoms with van der Waals surface area (Å²) in [6.07, 6.45) is 0. The first-order valence-corrected chi connectivity index (χ1v) is 21.8. The fraction of sp³-hybridized carbons (Fsp3) is 0. The molecule has 10 aromatic carbocycles. The number of benzene rings is 10. The highest BCUT2D eigenvalue weighted by molar-refractivity contribution is 6.13. The first-order chi connectivity index (χ1) is 31.7. The predicted octanol–water partition coefficient (Wildman–Crippen LogP) is 15.6. The largest absolute Gasteiger partial charge is 0.309 e. The average molecular weight is 815 g/mol. The molecule has 0 N–H and O–H groups in total. The maximum atomic E-state index is 5.25. The van der Waals surface area contributed by atoms with Crippen molar-refractivity contribution in [3.8, 4) is 56.3 Å². The second-order valence-corrected chi connectivity index (χ2v) is 16.6. The Morgan fingerprint density at radius 1 is 0.266 bits per heavy atom. The molecule has 0 radical (unpaired) electrons. The van der Waals surface area contributed by atoms with Gasteiger partial charge in [-0.15, -0.1) is 0 Å². The fourth-order valence-corrected chi connectivity index (χ4v) is 9.81. The van der Waals surface area contributed by atoms with Crippen molar-refractivity contribution in [2.75, 3.05) is 0 Å². The molecule has 0 unspecified atom stereocenters. The van der Waals surface area contributed by atoms with Crippen LogP contribution in [-0.4, -0.2) is 19.1 Å². The molecule has 0 aliphatic rings. The SMILES string of the molecule is c1ccc(-n2c3ccccc3c3cc(-c4ccc5c(c4)c4ccccc4n5-c4ccc(-c5nc(-c6ccc(-c7ccc8ccccc8c7)cc6)c6ccccc6n5)cc4)ccc32)cc1.